The summed E-state index contributed by atoms with van der Waals surface area (Å²) >= 11 is 12.2. The summed E-state index contributed by atoms with van der Waals surface area (Å²) in [6, 6.07) is 6.30. The van der Waals surface area contributed by atoms with Crippen molar-refractivity contribution in [1.29, 1.82) is 0 Å². The molecule has 0 saturated carbocycles. The van der Waals surface area contributed by atoms with E-state index in [0.717, 1.165) is 4.47 Å². The van der Waals surface area contributed by atoms with E-state index in [1.165, 1.54) is 12.1 Å². The molecule has 2 nitrogen and oxygen atoms in total. The average molecular weight is 381 g/mol. The van der Waals surface area contributed by atoms with Gasteiger partial charge in [0.05, 0.1) is 9.50 Å². The van der Waals surface area contributed by atoms with E-state index in [-0.39, 0.29) is 16.7 Å². The predicted octanol–water partition coefficient (Wildman–Crippen LogP) is 5.19. The van der Waals surface area contributed by atoms with Gasteiger partial charge in [-0.2, -0.15) is 0 Å². The monoisotopic (exact) mass is 379 g/mol. The normalized spacial score (nSPS) is 10.4. The molecule has 2 aromatic rings. The van der Waals surface area contributed by atoms with Gasteiger partial charge in [0.2, 0.25) is 5.88 Å². The minimum atomic E-state index is -0.606. The van der Waals surface area contributed by atoms with Gasteiger partial charge >= 0.3 is 0 Å². The molecular formula is C11H5Br2ClFNO. The lowest BCUT2D eigenvalue weighted by molar-refractivity contribution is 0.425. The lowest BCUT2D eigenvalue weighted by atomic mass is 10.3. The molecule has 2 rings (SSSR count). The van der Waals surface area contributed by atoms with Crippen molar-refractivity contribution in [2.45, 2.75) is 0 Å². The highest BCUT2D eigenvalue weighted by Gasteiger charge is 2.11. The number of rotatable bonds is 2. The molecule has 0 aliphatic rings. The molecule has 0 saturated heterocycles. The SMILES string of the molecule is Fc1c(Cl)cccc1Oc1ncc(Br)cc1Br. The molecule has 0 radical (unpaired) electrons. The Hall–Kier alpha value is -0.650. The van der Waals surface area contributed by atoms with Crippen molar-refractivity contribution in [1.82, 2.24) is 4.98 Å². The lowest BCUT2D eigenvalue weighted by Gasteiger charge is -2.08. The second-order valence-corrected chi connectivity index (χ2v) is 5.27. The van der Waals surface area contributed by atoms with E-state index in [1.807, 2.05) is 0 Å². The molecule has 0 aliphatic carbocycles. The first-order valence-electron chi connectivity index (χ1n) is 4.51. The Morgan fingerprint density at radius 1 is 1.29 bits per heavy atom. The fourth-order valence-electron chi connectivity index (χ4n) is 1.14. The van der Waals surface area contributed by atoms with E-state index in [9.17, 15) is 4.39 Å². The number of nitrogens with zero attached hydrogens (tertiary/aromatic N) is 1. The van der Waals surface area contributed by atoms with Crippen LogP contribution in [0.5, 0.6) is 11.6 Å². The van der Waals surface area contributed by atoms with Gasteiger partial charge in [-0.1, -0.05) is 17.7 Å². The summed E-state index contributed by atoms with van der Waals surface area (Å²) in [5.41, 5.74) is 0. The molecule has 0 bridgehead atoms. The van der Waals surface area contributed by atoms with Crippen molar-refractivity contribution < 1.29 is 9.13 Å². The molecule has 1 heterocycles. The summed E-state index contributed by atoms with van der Waals surface area (Å²) in [5.74, 6) is -0.298. The Bertz CT molecular complexity index is 565. The first kappa shape index (κ1) is 12.8. The highest BCUT2D eigenvalue weighted by Crippen LogP contribution is 2.32. The van der Waals surface area contributed by atoms with E-state index in [4.69, 9.17) is 16.3 Å². The third-order valence-corrected chi connectivity index (χ3v) is 3.19. The van der Waals surface area contributed by atoms with Gasteiger partial charge in [-0.15, -0.1) is 0 Å². The lowest BCUT2D eigenvalue weighted by Crippen LogP contribution is -1.92. The summed E-state index contributed by atoms with van der Waals surface area (Å²) in [6.45, 7) is 0. The van der Waals surface area contributed by atoms with Gasteiger partial charge in [0.25, 0.3) is 0 Å². The number of aromatic nitrogens is 1. The Labute approximate surface area is 119 Å². The standard InChI is InChI=1S/C11H5Br2ClFNO/c12-6-4-7(13)11(16-5-6)17-9-3-1-2-8(14)10(9)15/h1-5H. The summed E-state index contributed by atoms with van der Waals surface area (Å²) < 4.78 is 20.3. The van der Waals surface area contributed by atoms with E-state index < -0.39 is 5.82 Å². The number of hydrogen-bond donors (Lipinski definition) is 0. The fraction of sp³-hybridized carbons (Fsp3) is 0. The third-order valence-electron chi connectivity index (χ3n) is 1.90. The Kier molecular flexibility index (Phi) is 4.01. The molecule has 0 fully saturated rings. The van der Waals surface area contributed by atoms with E-state index in [2.05, 4.69) is 36.8 Å². The van der Waals surface area contributed by atoms with Crippen molar-refractivity contribution in [3.05, 3.63) is 50.2 Å². The van der Waals surface area contributed by atoms with Crippen molar-refractivity contribution in [2.24, 2.45) is 0 Å². The number of hydrogen-bond acceptors (Lipinski definition) is 2. The molecule has 6 heteroatoms. The van der Waals surface area contributed by atoms with Crippen molar-refractivity contribution in [3.63, 3.8) is 0 Å². The Morgan fingerprint density at radius 3 is 2.76 bits per heavy atom. The Morgan fingerprint density at radius 2 is 2.06 bits per heavy atom. The van der Waals surface area contributed by atoms with Crippen molar-refractivity contribution in [2.75, 3.05) is 0 Å². The molecule has 0 spiro atoms. The number of halogens is 4. The van der Waals surface area contributed by atoms with Crippen LogP contribution in [-0.4, -0.2) is 4.98 Å². The summed E-state index contributed by atoms with van der Waals surface area (Å²) in [5, 5.41) is 0.00994. The molecule has 0 aliphatic heterocycles. The van der Waals surface area contributed by atoms with Crippen LogP contribution in [0.25, 0.3) is 0 Å². The smallest absolute Gasteiger partial charge is 0.233 e. The van der Waals surface area contributed by atoms with Crippen molar-refractivity contribution >= 4 is 43.5 Å². The molecular weight excluding hydrogens is 376 g/mol. The summed E-state index contributed by atoms with van der Waals surface area (Å²) in [7, 11) is 0. The largest absolute Gasteiger partial charge is 0.435 e. The zero-order valence-corrected chi connectivity index (χ0v) is 12.2. The van der Waals surface area contributed by atoms with Crippen LogP contribution in [0, 0.1) is 5.82 Å². The quantitative estimate of drug-likeness (QED) is 0.714. The highest BCUT2D eigenvalue weighted by molar-refractivity contribution is 9.11. The second kappa shape index (κ2) is 5.33. The maximum Gasteiger partial charge on any atom is 0.233 e. The van der Waals surface area contributed by atoms with Crippen LogP contribution >= 0.6 is 43.5 Å². The molecule has 1 aromatic heterocycles. The molecule has 0 atom stereocenters. The number of pyridine rings is 1. The predicted molar refractivity (Wildman–Crippen MR) is 71.1 cm³/mol. The maximum absolute atomic E-state index is 13.6. The fourth-order valence-corrected chi connectivity index (χ4v) is 2.38. The number of benzene rings is 1. The van der Waals surface area contributed by atoms with Gasteiger partial charge in [0.1, 0.15) is 0 Å². The third kappa shape index (κ3) is 2.97. The topological polar surface area (TPSA) is 22.1 Å². The van der Waals surface area contributed by atoms with Gasteiger partial charge in [-0.25, -0.2) is 9.37 Å². The first-order valence-corrected chi connectivity index (χ1v) is 6.47. The summed E-state index contributed by atoms with van der Waals surface area (Å²) in [4.78, 5) is 4.02. The van der Waals surface area contributed by atoms with E-state index in [0.29, 0.717) is 4.47 Å². The van der Waals surface area contributed by atoms with Crippen LogP contribution in [0.1, 0.15) is 0 Å². The van der Waals surface area contributed by atoms with Crippen LogP contribution in [0.2, 0.25) is 5.02 Å². The van der Waals surface area contributed by atoms with Crippen molar-refractivity contribution in [3.8, 4) is 11.6 Å². The molecule has 17 heavy (non-hydrogen) atoms. The zero-order chi connectivity index (χ0) is 12.4. The first-order chi connectivity index (χ1) is 8.08. The van der Waals surface area contributed by atoms with Gasteiger partial charge in [-0.3, -0.25) is 0 Å². The van der Waals surface area contributed by atoms with Crippen LogP contribution in [0.4, 0.5) is 4.39 Å². The zero-order valence-electron chi connectivity index (χ0n) is 8.25. The average Bonchev–Trinajstić information content (AvgIpc) is 2.28. The minimum Gasteiger partial charge on any atom is -0.435 e. The molecule has 0 unspecified atom stereocenters. The highest BCUT2D eigenvalue weighted by atomic mass is 79.9. The molecule has 1 aromatic carbocycles. The van der Waals surface area contributed by atoms with Crippen LogP contribution in [0.3, 0.4) is 0 Å². The van der Waals surface area contributed by atoms with Gasteiger partial charge in [-0.05, 0) is 50.1 Å². The molecule has 0 amide bonds. The minimum absolute atomic E-state index is 0.00994. The number of ether oxygens (including phenoxy) is 1. The van der Waals surface area contributed by atoms with E-state index in [1.54, 1.807) is 18.3 Å². The second-order valence-electron chi connectivity index (χ2n) is 3.09. The Balaban J connectivity index is 2.35. The van der Waals surface area contributed by atoms with E-state index >= 15 is 0 Å². The van der Waals surface area contributed by atoms with Gasteiger partial charge in [0.15, 0.2) is 11.6 Å². The maximum atomic E-state index is 13.6. The molecule has 0 N–H and O–H groups in total. The van der Waals surface area contributed by atoms with Gasteiger partial charge in [0, 0.05) is 10.7 Å². The van der Waals surface area contributed by atoms with Crippen LogP contribution in [-0.2, 0) is 0 Å². The van der Waals surface area contributed by atoms with Gasteiger partial charge < -0.3 is 4.74 Å². The molecule has 88 valence electrons. The summed E-state index contributed by atoms with van der Waals surface area (Å²) in [6.07, 6.45) is 1.56. The van der Waals surface area contributed by atoms with Crippen LogP contribution < -0.4 is 4.74 Å². The van der Waals surface area contributed by atoms with Crippen LogP contribution in [0.15, 0.2) is 39.4 Å².